The number of nitrogens with zero attached hydrogens (tertiary/aromatic N) is 1. The van der Waals surface area contributed by atoms with Crippen LogP contribution in [0.5, 0.6) is 0 Å². The van der Waals surface area contributed by atoms with Gasteiger partial charge in [-0.1, -0.05) is 39.0 Å². The average molecular weight is 505 g/mol. The molecule has 0 heterocycles. The van der Waals surface area contributed by atoms with Gasteiger partial charge in [0.05, 0.1) is 17.9 Å². The number of benzene rings is 2. The lowest BCUT2D eigenvalue weighted by atomic mass is 10.0. The molecule has 0 aliphatic heterocycles. The molecule has 0 aromatic heterocycles. The van der Waals surface area contributed by atoms with Crippen LogP contribution in [-0.2, 0) is 4.74 Å². The summed E-state index contributed by atoms with van der Waals surface area (Å²) in [6, 6.07) is 12.7. The van der Waals surface area contributed by atoms with Crippen LogP contribution in [0.25, 0.3) is 0 Å². The van der Waals surface area contributed by atoms with Crippen LogP contribution >= 0.6 is 0 Å². The molecule has 37 heavy (non-hydrogen) atoms. The van der Waals surface area contributed by atoms with Crippen molar-refractivity contribution in [2.24, 2.45) is 10.9 Å². The summed E-state index contributed by atoms with van der Waals surface area (Å²) in [6.45, 7) is 11.0. The Morgan fingerprint density at radius 1 is 1.11 bits per heavy atom. The van der Waals surface area contributed by atoms with Crippen molar-refractivity contribution in [2.75, 3.05) is 25.5 Å². The lowest BCUT2D eigenvalue weighted by Crippen LogP contribution is -2.17. The maximum Gasteiger partial charge on any atom is 0.338 e. The summed E-state index contributed by atoms with van der Waals surface area (Å²) in [5.41, 5.74) is 4.31. The van der Waals surface area contributed by atoms with Crippen molar-refractivity contribution in [3.8, 4) is 0 Å². The average Bonchev–Trinajstić information content (AvgIpc) is 2.88. The van der Waals surface area contributed by atoms with E-state index in [2.05, 4.69) is 33.9 Å². The van der Waals surface area contributed by atoms with Crippen LogP contribution in [0.15, 0.2) is 72.0 Å². The van der Waals surface area contributed by atoms with Crippen molar-refractivity contribution in [3.63, 3.8) is 0 Å². The third-order valence-electron chi connectivity index (χ3n) is 5.47. The predicted molar refractivity (Wildman–Crippen MR) is 152 cm³/mol. The molecule has 0 bridgehead atoms. The first-order chi connectivity index (χ1) is 17.7. The number of esters is 1. The number of carbonyl (C=O) groups is 2. The van der Waals surface area contributed by atoms with E-state index in [0.29, 0.717) is 35.5 Å². The van der Waals surface area contributed by atoms with Gasteiger partial charge in [0.2, 0.25) is 0 Å². The third-order valence-corrected chi connectivity index (χ3v) is 5.47. The molecule has 1 atom stereocenters. The Morgan fingerprint density at radius 2 is 1.89 bits per heavy atom. The van der Waals surface area contributed by atoms with Gasteiger partial charge in [0.15, 0.2) is 0 Å². The van der Waals surface area contributed by atoms with E-state index in [1.54, 1.807) is 31.3 Å². The molecule has 1 amide bonds. The minimum absolute atomic E-state index is 0.0145. The molecule has 0 aliphatic carbocycles. The van der Waals surface area contributed by atoms with Gasteiger partial charge in [-0.3, -0.25) is 9.79 Å². The summed E-state index contributed by atoms with van der Waals surface area (Å²) in [7, 11) is 1.90. The summed E-state index contributed by atoms with van der Waals surface area (Å²) in [5.74, 6) is -0.353. The van der Waals surface area contributed by atoms with Gasteiger partial charge in [0, 0.05) is 36.2 Å². The first kappa shape index (κ1) is 29.5. The normalized spacial score (nSPS) is 12.8. The molecular formula is C30H40N4O3. The molecule has 0 aliphatic rings. The number of aryl methyl sites for hydroxylation is 1. The predicted octanol–water partition coefficient (Wildman–Crippen LogP) is 5.81. The molecule has 2 rings (SSSR count). The van der Waals surface area contributed by atoms with Crippen LogP contribution in [0.1, 0.15) is 72.0 Å². The van der Waals surface area contributed by atoms with E-state index in [1.807, 2.05) is 64.4 Å². The Hall–Kier alpha value is -3.71. The number of nitrogens with one attached hydrogen (secondary N) is 3. The van der Waals surface area contributed by atoms with Gasteiger partial charge in [-0.05, 0) is 80.8 Å². The van der Waals surface area contributed by atoms with Crippen molar-refractivity contribution >= 4 is 23.3 Å². The van der Waals surface area contributed by atoms with E-state index in [4.69, 9.17) is 4.74 Å². The van der Waals surface area contributed by atoms with Gasteiger partial charge in [-0.15, -0.1) is 0 Å². The highest BCUT2D eigenvalue weighted by atomic mass is 16.5. The van der Waals surface area contributed by atoms with Crippen LogP contribution < -0.4 is 16.0 Å². The van der Waals surface area contributed by atoms with Crippen molar-refractivity contribution in [1.82, 2.24) is 10.6 Å². The topological polar surface area (TPSA) is 91.8 Å². The van der Waals surface area contributed by atoms with Gasteiger partial charge < -0.3 is 20.7 Å². The van der Waals surface area contributed by atoms with E-state index in [9.17, 15) is 9.59 Å². The molecule has 0 fully saturated rings. The number of rotatable bonds is 13. The lowest BCUT2D eigenvalue weighted by Gasteiger charge is -2.14. The van der Waals surface area contributed by atoms with Crippen molar-refractivity contribution in [3.05, 3.63) is 89.3 Å². The zero-order valence-corrected chi connectivity index (χ0v) is 22.8. The molecule has 7 nitrogen and oxygen atoms in total. The number of carbonyl (C=O) groups excluding carboxylic acids is 2. The number of allylic oxidation sites excluding steroid dienone is 1. The van der Waals surface area contributed by atoms with E-state index in [0.717, 1.165) is 17.7 Å². The number of hydrogen-bond donors (Lipinski definition) is 3. The molecule has 0 radical (unpaired) electrons. The molecular weight excluding hydrogens is 464 g/mol. The zero-order chi connectivity index (χ0) is 27.2. The zero-order valence-electron chi connectivity index (χ0n) is 22.8. The highest BCUT2D eigenvalue weighted by Gasteiger charge is 2.15. The second kappa shape index (κ2) is 15.4. The van der Waals surface area contributed by atoms with Crippen molar-refractivity contribution in [2.45, 2.75) is 47.1 Å². The number of anilines is 1. The molecule has 0 saturated carbocycles. The Labute approximate surface area is 221 Å². The fourth-order valence-electron chi connectivity index (χ4n) is 3.44. The van der Waals surface area contributed by atoms with Crippen LogP contribution in [0.4, 0.5) is 5.69 Å². The highest BCUT2D eigenvalue weighted by molar-refractivity contribution is 6.05. The number of ether oxygens (including phenoxy) is 1. The molecule has 0 saturated heterocycles. The second-order valence-electron chi connectivity index (χ2n) is 9.27. The van der Waals surface area contributed by atoms with E-state index < -0.39 is 0 Å². The third kappa shape index (κ3) is 10.1. The fourth-order valence-corrected chi connectivity index (χ4v) is 3.44. The second-order valence-corrected chi connectivity index (χ2v) is 9.27. The summed E-state index contributed by atoms with van der Waals surface area (Å²) in [4.78, 5) is 29.7. The number of aliphatic imine (C=N–C) groups is 1. The van der Waals surface area contributed by atoms with Crippen molar-refractivity contribution < 1.29 is 14.3 Å². The lowest BCUT2D eigenvalue weighted by molar-refractivity contribution is 0.0458. The van der Waals surface area contributed by atoms with Gasteiger partial charge in [-0.25, -0.2) is 4.79 Å². The SMILES string of the molecule is CC/C=C/C(CNC)=NC=CNC(C)c1cccc(NC(=O)c2ccc(C(=O)OCC(C)C)c(C)c2)c1. The maximum absolute atomic E-state index is 12.9. The minimum atomic E-state index is -0.372. The number of hydrogen-bond acceptors (Lipinski definition) is 6. The molecule has 2 aromatic rings. The first-order valence-electron chi connectivity index (χ1n) is 12.7. The summed E-state index contributed by atoms with van der Waals surface area (Å²) >= 11 is 0. The van der Waals surface area contributed by atoms with E-state index in [-0.39, 0.29) is 23.8 Å². The van der Waals surface area contributed by atoms with Crippen LogP contribution in [0.3, 0.4) is 0 Å². The molecule has 1 unspecified atom stereocenters. The van der Waals surface area contributed by atoms with Gasteiger partial charge in [0.1, 0.15) is 0 Å². The van der Waals surface area contributed by atoms with Gasteiger partial charge >= 0.3 is 5.97 Å². The Bertz CT molecular complexity index is 1140. The summed E-state index contributed by atoms with van der Waals surface area (Å²) in [5, 5.41) is 9.38. The molecule has 198 valence electrons. The van der Waals surface area contributed by atoms with E-state index >= 15 is 0 Å². The van der Waals surface area contributed by atoms with Crippen LogP contribution in [-0.4, -0.2) is 37.8 Å². The minimum Gasteiger partial charge on any atom is -0.462 e. The summed E-state index contributed by atoms with van der Waals surface area (Å²) < 4.78 is 5.31. The number of amides is 1. The maximum atomic E-state index is 12.9. The molecule has 3 N–H and O–H groups in total. The first-order valence-corrected chi connectivity index (χ1v) is 12.7. The van der Waals surface area contributed by atoms with Gasteiger partial charge in [-0.2, -0.15) is 0 Å². The molecule has 0 spiro atoms. The Balaban J connectivity index is 2.02. The highest BCUT2D eigenvalue weighted by Crippen LogP contribution is 2.19. The van der Waals surface area contributed by atoms with E-state index in [1.165, 1.54) is 0 Å². The van der Waals surface area contributed by atoms with Crippen LogP contribution in [0.2, 0.25) is 0 Å². The largest absolute Gasteiger partial charge is 0.462 e. The Kier molecular flexibility index (Phi) is 12.3. The van der Waals surface area contributed by atoms with Gasteiger partial charge in [0.25, 0.3) is 5.91 Å². The Morgan fingerprint density at radius 3 is 2.57 bits per heavy atom. The van der Waals surface area contributed by atoms with Crippen LogP contribution in [0, 0.1) is 12.8 Å². The summed E-state index contributed by atoms with van der Waals surface area (Å²) in [6.07, 6.45) is 8.63. The molecule has 7 heteroatoms. The smallest absolute Gasteiger partial charge is 0.338 e. The van der Waals surface area contributed by atoms with Crippen molar-refractivity contribution in [1.29, 1.82) is 0 Å². The standard InChI is InChI=1S/C30H40N4O3/c1-7-8-11-27(19-31-6)33-16-15-32-23(5)24-10-9-12-26(18-24)34-29(35)25-13-14-28(22(4)17-25)30(36)37-20-21(2)3/h8-18,21,23,31-32H,7,19-20H2,1-6H3,(H,34,35)/b11-8+,16-15?,33-27?. The fraction of sp³-hybridized carbons (Fsp3) is 0.367. The monoisotopic (exact) mass is 504 g/mol. The quantitative estimate of drug-likeness (QED) is 0.237. The molecule has 2 aromatic carbocycles.